The van der Waals surface area contributed by atoms with Gasteiger partial charge in [-0.2, -0.15) is 0 Å². The summed E-state index contributed by atoms with van der Waals surface area (Å²) in [6.45, 7) is 3.74. The van der Waals surface area contributed by atoms with Gasteiger partial charge in [-0.1, -0.05) is 23.2 Å². The van der Waals surface area contributed by atoms with E-state index >= 15 is 0 Å². The predicted molar refractivity (Wildman–Crippen MR) is 77.1 cm³/mol. The Morgan fingerprint density at radius 2 is 1.90 bits per heavy atom. The molecule has 0 amide bonds. The third-order valence-corrected chi connectivity index (χ3v) is 3.26. The van der Waals surface area contributed by atoms with Crippen LogP contribution in [0, 0.1) is 13.8 Å². The fourth-order valence-electron chi connectivity index (χ4n) is 1.71. The molecule has 0 unspecified atom stereocenters. The molecule has 0 aliphatic carbocycles. The zero-order chi connectivity index (χ0) is 14.7. The number of benzene rings is 1. The first-order valence-corrected chi connectivity index (χ1v) is 6.64. The molecule has 2 aromatic rings. The van der Waals surface area contributed by atoms with Crippen molar-refractivity contribution < 1.29 is 9.53 Å². The molecule has 0 aliphatic rings. The predicted octanol–water partition coefficient (Wildman–Crippen LogP) is 3.76. The summed E-state index contributed by atoms with van der Waals surface area (Å²) in [6.07, 6.45) is 0. The van der Waals surface area contributed by atoms with Crippen molar-refractivity contribution in [2.75, 3.05) is 0 Å². The second-order valence-corrected chi connectivity index (χ2v) is 5.07. The van der Waals surface area contributed by atoms with Crippen LogP contribution in [0.2, 0.25) is 10.0 Å². The Morgan fingerprint density at radius 1 is 1.15 bits per heavy atom. The third kappa shape index (κ3) is 3.68. The maximum absolute atomic E-state index is 11.9. The number of hydrogen-bond donors (Lipinski definition) is 0. The fraction of sp³-hybridized carbons (Fsp3) is 0.214. The molecular weight excluding hydrogens is 299 g/mol. The van der Waals surface area contributed by atoms with Crippen molar-refractivity contribution in [3.63, 3.8) is 0 Å². The number of ether oxygens (including phenoxy) is 1. The number of aromatic nitrogens is 2. The summed E-state index contributed by atoms with van der Waals surface area (Å²) in [5.74, 6) is 0.170. The molecule has 1 aromatic heterocycles. The quantitative estimate of drug-likeness (QED) is 0.810. The zero-order valence-corrected chi connectivity index (χ0v) is 12.5. The van der Waals surface area contributed by atoms with E-state index in [0.717, 1.165) is 5.69 Å². The summed E-state index contributed by atoms with van der Waals surface area (Å²) in [4.78, 5) is 20.2. The molecule has 0 N–H and O–H groups in total. The van der Waals surface area contributed by atoms with Gasteiger partial charge in [-0.05, 0) is 38.1 Å². The molecule has 0 fully saturated rings. The highest BCUT2D eigenvalue weighted by Crippen LogP contribution is 2.23. The van der Waals surface area contributed by atoms with Gasteiger partial charge in [-0.15, -0.1) is 0 Å². The molecular formula is C14H12Cl2N2O2. The van der Waals surface area contributed by atoms with Crippen molar-refractivity contribution in [1.29, 1.82) is 0 Å². The minimum absolute atomic E-state index is 0.0866. The van der Waals surface area contributed by atoms with Gasteiger partial charge in [0.15, 0.2) is 0 Å². The molecule has 0 spiro atoms. The Kier molecular flexibility index (Phi) is 4.57. The number of carbonyl (C=O) groups excluding carboxylic acids is 1. The van der Waals surface area contributed by atoms with Crippen molar-refractivity contribution in [2.24, 2.45) is 0 Å². The number of aryl methyl sites for hydroxylation is 2. The van der Waals surface area contributed by atoms with Crippen LogP contribution in [0.5, 0.6) is 0 Å². The van der Waals surface area contributed by atoms with Gasteiger partial charge >= 0.3 is 5.97 Å². The van der Waals surface area contributed by atoms with Crippen LogP contribution in [-0.2, 0) is 11.3 Å². The van der Waals surface area contributed by atoms with E-state index in [2.05, 4.69) is 9.97 Å². The number of rotatable bonds is 3. The second kappa shape index (κ2) is 6.20. The zero-order valence-electron chi connectivity index (χ0n) is 11.0. The van der Waals surface area contributed by atoms with Crippen LogP contribution >= 0.6 is 23.2 Å². The second-order valence-electron chi connectivity index (χ2n) is 4.25. The lowest BCUT2D eigenvalue weighted by Gasteiger charge is -2.06. The molecule has 104 valence electrons. The van der Waals surface area contributed by atoms with Crippen LogP contribution in [0.1, 0.15) is 27.6 Å². The van der Waals surface area contributed by atoms with Crippen molar-refractivity contribution in [3.8, 4) is 0 Å². The highest BCUT2D eigenvalue weighted by atomic mass is 35.5. The molecule has 20 heavy (non-hydrogen) atoms. The molecule has 0 bridgehead atoms. The van der Waals surface area contributed by atoms with Crippen LogP contribution in [0.3, 0.4) is 0 Å². The molecule has 0 aliphatic heterocycles. The SMILES string of the molecule is Cc1cc(COC(=O)c2ccc(Cl)c(Cl)c2)nc(C)n1. The Morgan fingerprint density at radius 3 is 2.55 bits per heavy atom. The Labute approximate surface area is 126 Å². The molecule has 6 heteroatoms. The molecule has 0 radical (unpaired) electrons. The molecule has 0 saturated carbocycles. The van der Waals surface area contributed by atoms with Crippen LogP contribution in [0.25, 0.3) is 0 Å². The Balaban J connectivity index is 2.06. The topological polar surface area (TPSA) is 52.1 Å². The number of hydrogen-bond acceptors (Lipinski definition) is 4. The Bertz CT molecular complexity index is 639. The first-order chi connectivity index (χ1) is 9.45. The minimum atomic E-state index is -0.475. The Hall–Kier alpha value is -1.65. The van der Waals surface area contributed by atoms with Crippen molar-refractivity contribution >= 4 is 29.2 Å². The molecule has 0 atom stereocenters. The summed E-state index contributed by atoms with van der Waals surface area (Å²) in [5.41, 5.74) is 1.84. The van der Waals surface area contributed by atoms with Gasteiger partial charge in [-0.25, -0.2) is 14.8 Å². The summed E-state index contributed by atoms with van der Waals surface area (Å²) < 4.78 is 5.19. The lowest BCUT2D eigenvalue weighted by molar-refractivity contribution is 0.0467. The van der Waals surface area contributed by atoms with Gasteiger partial charge in [0.05, 0.1) is 21.3 Å². The van der Waals surface area contributed by atoms with Crippen LogP contribution in [-0.4, -0.2) is 15.9 Å². The smallest absolute Gasteiger partial charge is 0.338 e. The average Bonchev–Trinajstić information content (AvgIpc) is 2.38. The van der Waals surface area contributed by atoms with E-state index in [1.165, 1.54) is 6.07 Å². The summed E-state index contributed by atoms with van der Waals surface area (Å²) in [7, 11) is 0. The van der Waals surface area contributed by atoms with Crippen LogP contribution in [0.15, 0.2) is 24.3 Å². The molecule has 0 saturated heterocycles. The standard InChI is InChI=1S/C14H12Cl2N2O2/c1-8-5-11(18-9(2)17-8)7-20-14(19)10-3-4-12(15)13(16)6-10/h3-6H,7H2,1-2H3. The number of nitrogens with zero attached hydrogens (tertiary/aromatic N) is 2. The molecule has 1 heterocycles. The highest BCUT2D eigenvalue weighted by Gasteiger charge is 2.10. The first-order valence-electron chi connectivity index (χ1n) is 5.89. The monoisotopic (exact) mass is 310 g/mol. The normalized spacial score (nSPS) is 10.4. The summed E-state index contributed by atoms with van der Waals surface area (Å²) in [5, 5.41) is 0.708. The van der Waals surface area contributed by atoms with E-state index in [-0.39, 0.29) is 6.61 Å². The first kappa shape index (κ1) is 14.8. The minimum Gasteiger partial charge on any atom is -0.456 e. The lowest BCUT2D eigenvalue weighted by Crippen LogP contribution is -2.07. The fourth-order valence-corrected chi connectivity index (χ4v) is 2.01. The maximum Gasteiger partial charge on any atom is 0.338 e. The largest absolute Gasteiger partial charge is 0.456 e. The van der Waals surface area contributed by atoms with E-state index < -0.39 is 5.97 Å². The third-order valence-electron chi connectivity index (χ3n) is 2.53. The maximum atomic E-state index is 11.9. The number of halogens is 2. The van der Waals surface area contributed by atoms with Crippen molar-refractivity contribution in [1.82, 2.24) is 9.97 Å². The number of carbonyl (C=O) groups is 1. The molecule has 1 aromatic carbocycles. The van der Waals surface area contributed by atoms with Crippen LogP contribution in [0.4, 0.5) is 0 Å². The van der Waals surface area contributed by atoms with Gasteiger partial charge in [0.1, 0.15) is 12.4 Å². The summed E-state index contributed by atoms with van der Waals surface area (Å²) in [6, 6.07) is 6.37. The van der Waals surface area contributed by atoms with Gasteiger partial charge < -0.3 is 4.74 Å². The van der Waals surface area contributed by atoms with E-state index in [1.807, 2.05) is 6.92 Å². The number of esters is 1. The van der Waals surface area contributed by atoms with Crippen LogP contribution < -0.4 is 0 Å². The highest BCUT2D eigenvalue weighted by molar-refractivity contribution is 6.42. The van der Waals surface area contributed by atoms with Gasteiger partial charge in [0.25, 0.3) is 0 Å². The van der Waals surface area contributed by atoms with E-state index in [0.29, 0.717) is 27.1 Å². The van der Waals surface area contributed by atoms with E-state index in [1.54, 1.807) is 25.1 Å². The van der Waals surface area contributed by atoms with Gasteiger partial charge in [-0.3, -0.25) is 0 Å². The molecule has 4 nitrogen and oxygen atoms in total. The van der Waals surface area contributed by atoms with Crippen molar-refractivity contribution in [2.45, 2.75) is 20.5 Å². The average molecular weight is 311 g/mol. The molecule has 2 rings (SSSR count). The van der Waals surface area contributed by atoms with E-state index in [9.17, 15) is 4.79 Å². The summed E-state index contributed by atoms with van der Waals surface area (Å²) >= 11 is 11.6. The van der Waals surface area contributed by atoms with Crippen molar-refractivity contribution in [3.05, 3.63) is 57.1 Å². The lowest BCUT2D eigenvalue weighted by atomic mass is 10.2. The van der Waals surface area contributed by atoms with Gasteiger partial charge in [0, 0.05) is 5.69 Å². The van der Waals surface area contributed by atoms with Gasteiger partial charge in [0.2, 0.25) is 0 Å². The van der Waals surface area contributed by atoms with E-state index in [4.69, 9.17) is 27.9 Å².